The summed E-state index contributed by atoms with van der Waals surface area (Å²) in [6, 6.07) is 10.7. The fourth-order valence-corrected chi connectivity index (χ4v) is 4.60. The summed E-state index contributed by atoms with van der Waals surface area (Å²) in [5, 5.41) is 3.37. The Bertz CT molecular complexity index is 951. The lowest BCUT2D eigenvalue weighted by atomic mass is 9.89. The SMILES string of the molecule is Cc1ccc(S(=O)(=O)O)c(CC2Oc3cccc(C4CCNCC4)c3O2)c1. The van der Waals surface area contributed by atoms with Gasteiger partial charge in [-0.3, -0.25) is 4.55 Å². The van der Waals surface area contributed by atoms with Crippen LogP contribution in [0.4, 0.5) is 0 Å². The van der Waals surface area contributed by atoms with E-state index in [1.165, 1.54) is 6.07 Å². The minimum absolute atomic E-state index is 0.102. The van der Waals surface area contributed by atoms with Crippen LogP contribution in [0.25, 0.3) is 0 Å². The molecule has 1 unspecified atom stereocenters. The lowest BCUT2D eigenvalue weighted by Crippen LogP contribution is -2.27. The zero-order valence-electron chi connectivity index (χ0n) is 15.1. The van der Waals surface area contributed by atoms with E-state index in [0.29, 0.717) is 17.2 Å². The summed E-state index contributed by atoms with van der Waals surface area (Å²) in [7, 11) is -4.30. The molecule has 1 saturated heterocycles. The smallest absolute Gasteiger partial charge is 0.294 e. The van der Waals surface area contributed by atoms with Crippen molar-refractivity contribution in [2.75, 3.05) is 13.1 Å². The molecule has 144 valence electrons. The van der Waals surface area contributed by atoms with Crippen LogP contribution in [0.3, 0.4) is 0 Å². The number of aryl methyl sites for hydroxylation is 1. The van der Waals surface area contributed by atoms with E-state index in [2.05, 4.69) is 11.4 Å². The van der Waals surface area contributed by atoms with Crippen LogP contribution in [0.5, 0.6) is 11.5 Å². The second kappa shape index (κ2) is 7.14. The molecule has 4 rings (SSSR count). The van der Waals surface area contributed by atoms with Crippen LogP contribution in [0.15, 0.2) is 41.3 Å². The van der Waals surface area contributed by atoms with E-state index in [0.717, 1.165) is 42.8 Å². The van der Waals surface area contributed by atoms with Gasteiger partial charge in [0.25, 0.3) is 10.1 Å². The van der Waals surface area contributed by atoms with Gasteiger partial charge < -0.3 is 14.8 Å². The molecule has 0 aliphatic carbocycles. The molecule has 2 heterocycles. The van der Waals surface area contributed by atoms with Gasteiger partial charge in [-0.2, -0.15) is 8.42 Å². The van der Waals surface area contributed by atoms with Gasteiger partial charge in [0.05, 0.1) is 4.90 Å². The fraction of sp³-hybridized carbons (Fsp3) is 0.400. The molecule has 0 saturated carbocycles. The maximum absolute atomic E-state index is 11.7. The summed E-state index contributed by atoms with van der Waals surface area (Å²) >= 11 is 0. The van der Waals surface area contributed by atoms with Gasteiger partial charge in [-0.15, -0.1) is 0 Å². The predicted molar refractivity (Wildman–Crippen MR) is 101 cm³/mol. The van der Waals surface area contributed by atoms with Gasteiger partial charge in [-0.1, -0.05) is 29.8 Å². The molecule has 2 aliphatic heterocycles. The quantitative estimate of drug-likeness (QED) is 0.782. The molecule has 7 heteroatoms. The molecule has 1 fully saturated rings. The second-order valence-electron chi connectivity index (χ2n) is 7.15. The summed E-state index contributed by atoms with van der Waals surface area (Å²) in [6.45, 7) is 3.84. The lowest BCUT2D eigenvalue weighted by molar-refractivity contribution is 0.0490. The highest BCUT2D eigenvalue weighted by Gasteiger charge is 2.31. The van der Waals surface area contributed by atoms with Crippen molar-refractivity contribution in [3.05, 3.63) is 53.1 Å². The average Bonchev–Trinajstić information content (AvgIpc) is 3.03. The van der Waals surface area contributed by atoms with Crippen molar-refractivity contribution in [1.82, 2.24) is 5.32 Å². The third-order valence-electron chi connectivity index (χ3n) is 5.18. The molecule has 2 aliphatic rings. The van der Waals surface area contributed by atoms with E-state index in [4.69, 9.17) is 9.47 Å². The van der Waals surface area contributed by atoms with E-state index in [1.54, 1.807) is 12.1 Å². The van der Waals surface area contributed by atoms with Crippen LogP contribution in [0.1, 0.15) is 35.4 Å². The van der Waals surface area contributed by atoms with Gasteiger partial charge >= 0.3 is 0 Å². The van der Waals surface area contributed by atoms with Crippen LogP contribution in [0, 0.1) is 6.92 Å². The Kier molecular flexibility index (Phi) is 4.84. The number of nitrogens with one attached hydrogen (secondary N) is 1. The highest BCUT2D eigenvalue weighted by Crippen LogP contribution is 2.43. The predicted octanol–water partition coefficient (Wildman–Crippen LogP) is 3.05. The number of benzene rings is 2. The molecular weight excluding hydrogens is 366 g/mol. The summed E-state index contributed by atoms with van der Waals surface area (Å²) in [5.74, 6) is 1.88. The zero-order chi connectivity index (χ0) is 19.0. The van der Waals surface area contributed by atoms with Gasteiger partial charge in [0, 0.05) is 12.0 Å². The normalized spacial score (nSPS) is 20.0. The molecule has 2 aromatic carbocycles. The lowest BCUT2D eigenvalue weighted by Gasteiger charge is -2.24. The van der Waals surface area contributed by atoms with Gasteiger partial charge in [0.1, 0.15) is 0 Å². The molecular formula is C20H23NO5S. The minimum Gasteiger partial charge on any atom is -0.451 e. The van der Waals surface area contributed by atoms with Crippen LogP contribution in [0.2, 0.25) is 0 Å². The first kappa shape index (κ1) is 18.3. The van der Waals surface area contributed by atoms with E-state index in [-0.39, 0.29) is 11.3 Å². The molecule has 0 aromatic heterocycles. The van der Waals surface area contributed by atoms with Crippen molar-refractivity contribution >= 4 is 10.1 Å². The Labute approximate surface area is 159 Å². The van der Waals surface area contributed by atoms with Crippen molar-refractivity contribution in [1.29, 1.82) is 0 Å². The van der Waals surface area contributed by atoms with Crippen LogP contribution in [-0.4, -0.2) is 32.4 Å². The number of para-hydroxylation sites is 1. The number of hydrogen-bond acceptors (Lipinski definition) is 5. The third-order valence-corrected chi connectivity index (χ3v) is 6.13. The fourth-order valence-electron chi connectivity index (χ4n) is 3.89. The van der Waals surface area contributed by atoms with Crippen LogP contribution >= 0.6 is 0 Å². The van der Waals surface area contributed by atoms with Crippen molar-refractivity contribution in [3.8, 4) is 11.5 Å². The highest BCUT2D eigenvalue weighted by atomic mass is 32.2. The molecule has 0 bridgehead atoms. The first-order valence-electron chi connectivity index (χ1n) is 9.16. The summed E-state index contributed by atoms with van der Waals surface area (Å²) in [6.07, 6.45) is 1.71. The van der Waals surface area contributed by atoms with E-state index < -0.39 is 16.4 Å². The Morgan fingerprint density at radius 3 is 2.67 bits per heavy atom. The summed E-state index contributed by atoms with van der Waals surface area (Å²) < 4.78 is 44.9. The number of rotatable bonds is 4. The Morgan fingerprint density at radius 1 is 1.15 bits per heavy atom. The van der Waals surface area contributed by atoms with E-state index in [1.807, 2.05) is 19.1 Å². The molecule has 6 nitrogen and oxygen atoms in total. The third kappa shape index (κ3) is 3.81. The maximum atomic E-state index is 11.7. The molecule has 1 atom stereocenters. The van der Waals surface area contributed by atoms with Gasteiger partial charge in [0.2, 0.25) is 6.29 Å². The summed E-state index contributed by atoms with van der Waals surface area (Å²) in [5.41, 5.74) is 2.54. The first-order chi connectivity index (χ1) is 12.9. The number of hydrogen-bond donors (Lipinski definition) is 2. The van der Waals surface area contributed by atoms with Crippen molar-refractivity contribution < 1.29 is 22.4 Å². The van der Waals surface area contributed by atoms with Crippen molar-refractivity contribution in [2.24, 2.45) is 0 Å². The Morgan fingerprint density at radius 2 is 1.93 bits per heavy atom. The standard InChI is InChI=1S/C20H23NO5S/c1-13-5-6-18(27(22,23)24)15(11-13)12-19-25-17-4-2-3-16(20(17)26-19)14-7-9-21-10-8-14/h2-6,11,14,19,21H,7-10,12H2,1H3,(H,22,23,24). The Hall–Kier alpha value is -2.09. The topological polar surface area (TPSA) is 84.9 Å². The Balaban J connectivity index is 1.59. The maximum Gasteiger partial charge on any atom is 0.294 e. The largest absolute Gasteiger partial charge is 0.451 e. The first-order valence-corrected chi connectivity index (χ1v) is 10.6. The molecule has 27 heavy (non-hydrogen) atoms. The molecule has 2 aromatic rings. The van der Waals surface area contributed by atoms with Crippen molar-refractivity contribution in [2.45, 2.75) is 43.3 Å². The van der Waals surface area contributed by atoms with E-state index >= 15 is 0 Å². The minimum atomic E-state index is -4.30. The molecule has 2 N–H and O–H groups in total. The van der Waals surface area contributed by atoms with Crippen LogP contribution in [-0.2, 0) is 16.5 Å². The van der Waals surface area contributed by atoms with Gasteiger partial charge in [-0.25, -0.2) is 0 Å². The zero-order valence-corrected chi connectivity index (χ0v) is 16.0. The number of piperidine rings is 1. The van der Waals surface area contributed by atoms with Gasteiger partial charge in [0.15, 0.2) is 11.5 Å². The monoisotopic (exact) mass is 389 g/mol. The van der Waals surface area contributed by atoms with Crippen molar-refractivity contribution in [3.63, 3.8) is 0 Å². The van der Waals surface area contributed by atoms with Gasteiger partial charge in [-0.05, 0) is 56.5 Å². The number of fused-ring (bicyclic) bond motifs is 1. The summed E-state index contributed by atoms with van der Waals surface area (Å²) in [4.78, 5) is -0.102. The second-order valence-corrected chi connectivity index (χ2v) is 8.54. The average molecular weight is 389 g/mol. The van der Waals surface area contributed by atoms with E-state index in [9.17, 15) is 13.0 Å². The molecule has 0 radical (unpaired) electrons. The highest BCUT2D eigenvalue weighted by molar-refractivity contribution is 7.85. The number of ether oxygens (including phenoxy) is 2. The molecule has 0 spiro atoms. The molecule has 0 amide bonds. The van der Waals surface area contributed by atoms with Crippen LogP contribution < -0.4 is 14.8 Å².